The highest BCUT2D eigenvalue weighted by molar-refractivity contribution is 6.12. The molecule has 6 heterocycles. The molecule has 7 nitrogen and oxygen atoms in total. The van der Waals surface area contributed by atoms with Crippen LogP contribution in [0.1, 0.15) is 38.4 Å². The fraction of sp³-hybridized carbons (Fsp3) is 0. The van der Waals surface area contributed by atoms with Gasteiger partial charge in [0.05, 0.1) is 101 Å². The monoisotopic (exact) mass is 757 g/mol. The van der Waals surface area contributed by atoms with E-state index in [0.717, 1.165) is 13.7 Å². The minimum atomic E-state index is -0.978. The van der Waals surface area contributed by atoms with Crippen LogP contribution in [-0.2, 0) is 0 Å². The van der Waals surface area contributed by atoms with Crippen molar-refractivity contribution in [3.8, 4) is 39.8 Å². The van der Waals surface area contributed by atoms with Crippen LogP contribution >= 0.6 is 0 Å². The maximum absolute atomic E-state index is 10.4. The molecule has 0 atom stereocenters. The number of nitrogens with zero attached hydrogens (tertiary/aromatic N) is 7. The number of hydrogen-bond acceptors (Lipinski definition) is 4. The van der Waals surface area contributed by atoms with Crippen LogP contribution in [0.3, 0.4) is 0 Å². The zero-order chi connectivity index (χ0) is 61.8. The molecule has 0 saturated carbocycles. The van der Waals surface area contributed by atoms with E-state index in [2.05, 4.69) is 15.0 Å². The summed E-state index contributed by atoms with van der Waals surface area (Å²) in [5.41, 5.74) is -6.39. The van der Waals surface area contributed by atoms with Gasteiger partial charge in [-0.3, -0.25) is 14.5 Å². The lowest BCUT2D eigenvalue weighted by molar-refractivity contribution is 1.04. The molecule has 12 rings (SSSR count). The van der Waals surface area contributed by atoms with E-state index in [1.165, 1.54) is 18.2 Å². The number of para-hydroxylation sites is 5. The highest BCUT2D eigenvalue weighted by Crippen LogP contribution is 2.42. The second kappa shape index (κ2) is 12.3. The average molecular weight is 758 g/mol. The quantitative estimate of drug-likeness (QED) is 0.175. The second-order valence-electron chi connectivity index (χ2n) is 12.3. The number of pyridine rings is 2. The Morgan fingerprint density at radius 3 is 1.53 bits per heavy atom. The molecule has 57 heavy (non-hydrogen) atoms. The number of benzene rings is 6. The maximum Gasteiger partial charge on any atom is 0.162 e. The summed E-state index contributed by atoms with van der Waals surface area (Å²) in [6.45, 7) is 0. The van der Waals surface area contributed by atoms with E-state index < -0.39 is 275 Å². The van der Waals surface area contributed by atoms with Crippen LogP contribution in [0.5, 0.6) is 0 Å². The summed E-state index contributed by atoms with van der Waals surface area (Å²) in [6.07, 6.45) is -3.32. The molecule has 0 aliphatic carbocycles. The third-order valence-electron chi connectivity index (χ3n) is 9.36. The Balaban J connectivity index is 1.42. The molecule has 0 N–H and O–H groups in total. The Bertz CT molecular complexity index is 5080. The largest absolute Gasteiger partial charge is 0.306 e. The summed E-state index contributed by atoms with van der Waals surface area (Å²) in [4.78, 5) is 17.2. The van der Waals surface area contributed by atoms with E-state index in [4.69, 9.17) is 29.7 Å². The topological polar surface area (TPSA) is 66.3 Å². The van der Waals surface area contributed by atoms with Gasteiger partial charge in [-0.2, -0.15) is 0 Å². The van der Waals surface area contributed by atoms with Gasteiger partial charge in [0, 0.05) is 61.8 Å². The normalized spacial score (nSPS) is 18.7. The van der Waals surface area contributed by atoms with Crippen molar-refractivity contribution in [3.63, 3.8) is 0 Å². The van der Waals surface area contributed by atoms with Crippen LogP contribution in [-0.4, -0.2) is 33.6 Å². The van der Waals surface area contributed by atoms with Gasteiger partial charge in [-0.1, -0.05) is 115 Å². The van der Waals surface area contributed by atoms with E-state index in [0.29, 0.717) is 0 Å². The van der Waals surface area contributed by atoms with Crippen molar-refractivity contribution in [3.05, 3.63) is 188 Å². The second-order valence-corrected chi connectivity index (χ2v) is 12.3. The van der Waals surface area contributed by atoms with Crippen molar-refractivity contribution in [2.24, 2.45) is 0 Å². The number of aromatic nitrogens is 7. The lowest BCUT2D eigenvalue weighted by Gasteiger charge is -2.21. The number of fused-ring (bicyclic) bond motifs is 9. The first kappa shape index (κ1) is 14.6. The SMILES string of the molecule is [2H]c1nc([2H])c2c(c1[2H])c1c([2H])c([2H])c([2H])c([2H])c1n2-c1cccc(-c2nc(-c3c([2H])c([2H])c([2H])c([2H])c3[2H])nc(-n3c4c([2H])c([2H])c([2H])c([2H])c4c4c([2H])c([2H])c([2H])c([2H])c43)c2[2H])c1-n1c2c([2H])nc([2H])c([2H])c2c2c([2H])c([2H])c([2H])c([2H])c21. The molecule has 0 bridgehead atoms. The van der Waals surface area contributed by atoms with Crippen LogP contribution in [0.15, 0.2) is 188 Å². The fourth-order valence-corrected chi connectivity index (χ4v) is 7.11. The summed E-state index contributed by atoms with van der Waals surface area (Å²) < 4.78 is 256. The molecule has 0 spiro atoms. The van der Waals surface area contributed by atoms with E-state index in [-0.39, 0.29) is 0 Å². The average Bonchev–Trinajstić information content (AvgIpc) is 1.67. The van der Waals surface area contributed by atoms with E-state index in [1.54, 1.807) is 0 Å². The third-order valence-corrected chi connectivity index (χ3v) is 9.36. The molecular weight excluding hydrogens is 699 g/mol. The van der Waals surface area contributed by atoms with Gasteiger partial charge in [0.2, 0.25) is 0 Å². The van der Waals surface area contributed by atoms with Gasteiger partial charge in [0.25, 0.3) is 0 Å². The molecule has 12 aromatic rings. The predicted octanol–water partition coefficient (Wildman–Crippen LogP) is 11.9. The van der Waals surface area contributed by atoms with Crippen LogP contribution in [0.2, 0.25) is 0 Å². The Labute approximate surface area is 365 Å². The molecule has 0 saturated heterocycles. The molecule has 6 aromatic heterocycles. The molecule has 0 unspecified atom stereocenters. The van der Waals surface area contributed by atoms with E-state index in [1.807, 2.05) is 0 Å². The first-order valence-electron chi connectivity index (χ1n) is 30.8. The summed E-state index contributed by atoms with van der Waals surface area (Å²) in [5.74, 6) is -1.72. The first-order chi connectivity index (χ1) is 39.9. The smallest absolute Gasteiger partial charge is 0.162 e. The zero-order valence-electron chi connectivity index (χ0n) is 56.4. The summed E-state index contributed by atoms with van der Waals surface area (Å²) in [7, 11) is 0. The molecule has 0 fully saturated rings. The number of rotatable bonds is 5. The van der Waals surface area contributed by atoms with Gasteiger partial charge in [0.15, 0.2) is 5.82 Å². The van der Waals surface area contributed by atoms with Gasteiger partial charge in [-0.15, -0.1) is 0 Å². The van der Waals surface area contributed by atoms with E-state index >= 15 is 0 Å². The van der Waals surface area contributed by atoms with Crippen molar-refractivity contribution < 1.29 is 38.4 Å². The summed E-state index contributed by atoms with van der Waals surface area (Å²) >= 11 is 0. The van der Waals surface area contributed by atoms with Crippen molar-refractivity contribution in [2.75, 3.05) is 0 Å². The van der Waals surface area contributed by atoms with Crippen LogP contribution in [0, 0.1) is 0 Å². The lowest BCUT2D eigenvalue weighted by Crippen LogP contribution is -2.08. The summed E-state index contributed by atoms with van der Waals surface area (Å²) in [6, 6.07) is -17.1. The van der Waals surface area contributed by atoms with Gasteiger partial charge < -0.3 is 9.13 Å². The molecule has 266 valence electrons. The van der Waals surface area contributed by atoms with Crippen molar-refractivity contribution >= 4 is 65.4 Å². The molecule has 7 heteroatoms. The molecule has 0 radical (unpaired) electrons. The van der Waals surface area contributed by atoms with Gasteiger partial charge in [-0.05, 0) is 42.3 Å². The number of hydrogen-bond donors (Lipinski definition) is 0. The van der Waals surface area contributed by atoms with Gasteiger partial charge in [0.1, 0.15) is 5.82 Å². The maximum atomic E-state index is 10.4. The summed E-state index contributed by atoms with van der Waals surface area (Å²) in [5, 5.41) is -2.82. The Morgan fingerprint density at radius 1 is 0.439 bits per heavy atom. The molecule has 0 aliphatic heterocycles. The molecule has 0 aliphatic rings. The minimum Gasteiger partial charge on any atom is -0.306 e. The van der Waals surface area contributed by atoms with Crippen molar-refractivity contribution in [2.45, 2.75) is 0 Å². The highest BCUT2D eigenvalue weighted by Gasteiger charge is 2.24. The van der Waals surface area contributed by atoms with E-state index in [9.17, 15) is 13.7 Å². The third kappa shape index (κ3) is 4.66. The van der Waals surface area contributed by atoms with Gasteiger partial charge in [-0.25, -0.2) is 9.97 Å². The van der Waals surface area contributed by atoms with Gasteiger partial charge >= 0.3 is 0 Å². The lowest BCUT2D eigenvalue weighted by atomic mass is 10.1. The zero-order valence-corrected chi connectivity index (χ0v) is 28.4. The Hall–Kier alpha value is -7.90. The molecule has 0 amide bonds. The van der Waals surface area contributed by atoms with Crippen LogP contribution < -0.4 is 0 Å². The van der Waals surface area contributed by atoms with Crippen molar-refractivity contribution in [1.29, 1.82) is 0 Å². The Kier molecular flexibility index (Phi) is 3.16. The van der Waals surface area contributed by atoms with Crippen LogP contribution in [0.25, 0.3) is 105 Å². The fourth-order valence-electron chi connectivity index (χ4n) is 7.11. The predicted molar refractivity (Wildman–Crippen MR) is 232 cm³/mol. The molecule has 6 aromatic carbocycles. The molecular formula is C50H31N7. The standard InChI is InChI=1S/C50H31N7/c1-2-13-32(14-3-1)50-53-40(29-48(54-50)56-42-21-9-5-15-33(42)34-16-6-10-22-43(34)56)39-19-12-24-45(55-41-20-8-4-17-35(41)37-25-27-51-30-46(37)55)49(39)57-44-23-11-7-18-36(44)38-26-28-52-31-47(38)57/h1-31H/i1D,2D,3D,4D,5D,6D,7D,8D,9D,10D,11D,13D,14D,15D,16D,17D,18D,20D,21D,22D,23D,25D,26D,27D,28D,29D,30D,31D. The minimum absolute atomic E-state index is 0.419. The highest BCUT2D eigenvalue weighted by atomic mass is 15.1. The first-order valence-corrected chi connectivity index (χ1v) is 16.8. The van der Waals surface area contributed by atoms with Crippen molar-refractivity contribution in [1.82, 2.24) is 33.6 Å². The van der Waals surface area contributed by atoms with Crippen LogP contribution in [0.4, 0.5) is 0 Å². The Morgan fingerprint density at radius 2 is 0.930 bits per heavy atom.